The van der Waals surface area contributed by atoms with Crippen molar-refractivity contribution in [1.82, 2.24) is 9.47 Å². The van der Waals surface area contributed by atoms with Gasteiger partial charge in [-0.2, -0.15) is 4.57 Å². The fourth-order valence-electron chi connectivity index (χ4n) is 5.03. The number of imidazole rings is 1. The number of aromatic nitrogens is 2. The molecule has 3 atom stereocenters. The summed E-state index contributed by atoms with van der Waals surface area (Å²) >= 11 is 0. The summed E-state index contributed by atoms with van der Waals surface area (Å²) in [7, 11) is -3.20. The third-order valence-electron chi connectivity index (χ3n) is 7.14. The van der Waals surface area contributed by atoms with Crippen LogP contribution in [-0.2, 0) is 30.1 Å². The summed E-state index contributed by atoms with van der Waals surface area (Å²) in [5.41, 5.74) is 1.86. The number of hydrogen-bond acceptors (Lipinski definition) is 6. The van der Waals surface area contributed by atoms with Crippen molar-refractivity contribution in [2.24, 2.45) is 0 Å². The number of phosphoric acid groups is 1. The van der Waals surface area contributed by atoms with Crippen molar-refractivity contribution >= 4 is 19.8 Å². The van der Waals surface area contributed by atoms with Crippen molar-refractivity contribution in [1.29, 1.82) is 0 Å². The standard InChI is InChI=1S/C27H27F3N3O8P/c1-15-10-31(13-32(15)14-40-42(35,36)37)21-5-4-17(6-24(21)38-3)7-25-27(34)33-22(16(2)41-25)11-39-12-23(33)18-8-19(28)26(30)20(29)9-18/h4-10,13,16,22-23H,11-12,14H2,1-3H3,(H-,35,36,37)/p+1/b25-7-/t16-,22+,23-/m0/s1. The van der Waals surface area contributed by atoms with Crippen LogP contribution in [0.5, 0.6) is 5.75 Å². The molecule has 2 fully saturated rings. The van der Waals surface area contributed by atoms with Crippen LogP contribution in [-0.4, -0.2) is 57.6 Å². The Kier molecular flexibility index (Phi) is 8.19. The molecule has 1 amide bonds. The van der Waals surface area contributed by atoms with Crippen LogP contribution in [0.2, 0.25) is 0 Å². The van der Waals surface area contributed by atoms with Crippen molar-refractivity contribution in [2.45, 2.75) is 38.8 Å². The lowest BCUT2D eigenvalue weighted by molar-refractivity contribution is -0.730. The Hall–Kier alpha value is -3.68. The molecule has 0 spiro atoms. The fraction of sp³-hybridized carbons (Fsp3) is 0.333. The smallest absolute Gasteiger partial charge is 0.472 e. The maximum absolute atomic E-state index is 14.0. The van der Waals surface area contributed by atoms with Gasteiger partial charge in [0, 0.05) is 6.92 Å². The minimum atomic E-state index is -4.66. The quantitative estimate of drug-likeness (QED) is 0.181. The van der Waals surface area contributed by atoms with Crippen LogP contribution in [0.15, 0.2) is 48.6 Å². The van der Waals surface area contributed by atoms with Crippen molar-refractivity contribution < 1.29 is 55.6 Å². The highest BCUT2D eigenvalue weighted by Gasteiger charge is 2.45. The summed E-state index contributed by atoms with van der Waals surface area (Å²) in [4.78, 5) is 33.1. The predicted octanol–water partition coefficient (Wildman–Crippen LogP) is 3.29. The average molecular weight is 611 g/mol. The van der Waals surface area contributed by atoms with E-state index in [0.29, 0.717) is 22.7 Å². The van der Waals surface area contributed by atoms with Crippen LogP contribution in [0, 0.1) is 24.4 Å². The van der Waals surface area contributed by atoms with Crippen molar-refractivity contribution in [2.75, 3.05) is 20.3 Å². The van der Waals surface area contributed by atoms with E-state index in [-0.39, 0.29) is 31.3 Å². The molecular formula is C27H28F3N3O8P+. The molecule has 42 heavy (non-hydrogen) atoms. The van der Waals surface area contributed by atoms with Crippen LogP contribution >= 0.6 is 7.82 Å². The molecule has 2 aliphatic rings. The van der Waals surface area contributed by atoms with Crippen molar-refractivity contribution in [3.05, 3.63) is 82.9 Å². The number of nitrogens with zero attached hydrogens (tertiary/aromatic N) is 3. The number of phosphoric ester groups is 1. The van der Waals surface area contributed by atoms with E-state index in [0.717, 1.165) is 12.1 Å². The van der Waals surface area contributed by atoms with Crippen LogP contribution in [0.3, 0.4) is 0 Å². The van der Waals surface area contributed by atoms with E-state index in [9.17, 15) is 22.5 Å². The Bertz CT molecular complexity index is 1580. The summed E-state index contributed by atoms with van der Waals surface area (Å²) in [6.07, 6.45) is 4.29. The minimum absolute atomic E-state index is 0.00672. The summed E-state index contributed by atoms with van der Waals surface area (Å²) < 4.78 is 77.7. The van der Waals surface area contributed by atoms with Gasteiger partial charge in [-0.25, -0.2) is 26.8 Å². The number of aryl methyl sites for hydroxylation is 1. The van der Waals surface area contributed by atoms with E-state index in [1.165, 1.54) is 22.7 Å². The molecule has 5 rings (SSSR count). The molecule has 2 saturated heterocycles. The number of halogens is 3. The van der Waals surface area contributed by atoms with Gasteiger partial charge in [-0.3, -0.25) is 4.79 Å². The second kappa shape index (κ2) is 11.5. The highest BCUT2D eigenvalue weighted by Crippen LogP contribution is 2.37. The Labute approximate surface area is 238 Å². The number of hydrogen-bond donors (Lipinski definition) is 2. The predicted molar refractivity (Wildman–Crippen MR) is 139 cm³/mol. The first-order valence-electron chi connectivity index (χ1n) is 12.8. The first kappa shape index (κ1) is 29.8. The normalized spacial score (nSPS) is 21.8. The number of methoxy groups -OCH3 is 1. The number of benzene rings is 2. The van der Waals surface area contributed by atoms with Gasteiger partial charge in [-0.1, -0.05) is 6.07 Å². The third kappa shape index (κ3) is 5.94. The molecule has 0 aliphatic carbocycles. The molecule has 2 aliphatic heterocycles. The molecule has 1 aromatic heterocycles. The Balaban J connectivity index is 1.44. The van der Waals surface area contributed by atoms with Crippen LogP contribution in [0.1, 0.15) is 29.8 Å². The van der Waals surface area contributed by atoms with E-state index >= 15 is 0 Å². The van der Waals surface area contributed by atoms with Gasteiger partial charge >= 0.3 is 7.82 Å². The molecule has 15 heteroatoms. The zero-order valence-corrected chi connectivity index (χ0v) is 23.6. The number of ether oxygens (including phenoxy) is 3. The van der Waals surface area contributed by atoms with E-state index < -0.39 is 49.4 Å². The Morgan fingerprint density at radius 3 is 2.55 bits per heavy atom. The minimum Gasteiger partial charge on any atom is -0.492 e. The number of rotatable bonds is 7. The van der Waals surface area contributed by atoms with Crippen LogP contribution < -0.4 is 9.30 Å². The van der Waals surface area contributed by atoms with Crippen molar-refractivity contribution in [3.63, 3.8) is 0 Å². The first-order valence-corrected chi connectivity index (χ1v) is 14.3. The molecule has 3 heterocycles. The lowest BCUT2D eigenvalue weighted by atomic mass is 9.97. The lowest BCUT2D eigenvalue weighted by Crippen LogP contribution is -2.59. The molecule has 0 bridgehead atoms. The van der Waals surface area contributed by atoms with Gasteiger partial charge in [-0.05, 0) is 48.4 Å². The first-order chi connectivity index (χ1) is 19.9. The van der Waals surface area contributed by atoms with Crippen LogP contribution in [0.25, 0.3) is 11.8 Å². The summed E-state index contributed by atoms with van der Waals surface area (Å²) in [5.74, 6) is -4.42. The second-order valence-electron chi connectivity index (χ2n) is 9.91. The van der Waals surface area contributed by atoms with E-state index in [2.05, 4.69) is 4.52 Å². The summed E-state index contributed by atoms with van der Waals surface area (Å²) in [5, 5.41) is 0. The molecular weight excluding hydrogens is 582 g/mol. The zero-order valence-electron chi connectivity index (χ0n) is 22.7. The molecule has 11 nitrogen and oxygen atoms in total. The topological polar surface area (TPSA) is 124 Å². The molecule has 224 valence electrons. The highest BCUT2D eigenvalue weighted by molar-refractivity contribution is 7.46. The molecule has 0 radical (unpaired) electrons. The monoisotopic (exact) mass is 610 g/mol. The number of morpholine rings is 2. The maximum Gasteiger partial charge on any atom is 0.472 e. The largest absolute Gasteiger partial charge is 0.492 e. The van der Waals surface area contributed by atoms with Gasteiger partial charge in [0.25, 0.3) is 12.2 Å². The zero-order chi connectivity index (χ0) is 30.3. The summed E-state index contributed by atoms with van der Waals surface area (Å²) in [6.45, 7) is 3.23. The van der Waals surface area contributed by atoms with Gasteiger partial charge < -0.3 is 28.9 Å². The van der Waals surface area contributed by atoms with E-state index in [1.54, 1.807) is 49.1 Å². The van der Waals surface area contributed by atoms with Gasteiger partial charge in [0.15, 0.2) is 34.6 Å². The van der Waals surface area contributed by atoms with Gasteiger partial charge in [-0.15, -0.1) is 0 Å². The third-order valence-corrected chi connectivity index (χ3v) is 7.59. The molecule has 3 aromatic rings. The molecule has 2 aromatic carbocycles. The van der Waals surface area contributed by atoms with Crippen molar-refractivity contribution in [3.8, 4) is 11.4 Å². The number of carbonyl (C=O) groups is 1. The average Bonchev–Trinajstić information content (AvgIpc) is 3.32. The van der Waals surface area contributed by atoms with Gasteiger partial charge in [0.05, 0.1) is 32.4 Å². The van der Waals surface area contributed by atoms with E-state index in [1.807, 2.05) is 0 Å². The molecule has 0 saturated carbocycles. The number of carbonyl (C=O) groups excluding carboxylic acids is 1. The molecule has 0 unspecified atom stereocenters. The molecule has 2 N–H and O–H groups in total. The fourth-order valence-corrected chi connectivity index (χ4v) is 5.30. The Morgan fingerprint density at radius 1 is 1.17 bits per heavy atom. The second-order valence-corrected chi connectivity index (χ2v) is 11.1. The summed E-state index contributed by atoms with van der Waals surface area (Å²) in [6, 6.07) is 5.42. The highest BCUT2D eigenvalue weighted by atomic mass is 31.2. The van der Waals surface area contributed by atoms with Gasteiger partial charge in [0.1, 0.15) is 18.0 Å². The SMILES string of the molecule is COc1cc(/C=C2\O[C@@H](C)[C@H]3COC[C@@H](c4cc(F)c(F)c(F)c4)N3C2=O)ccc1-n1cc(C)[n+](COP(=O)(O)O)c1. The number of amides is 1. The number of fused-ring (bicyclic) bond motifs is 1. The maximum atomic E-state index is 14.0. The van der Waals surface area contributed by atoms with Crippen LogP contribution in [0.4, 0.5) is 13.2 Å². The lowest BCUT2D eigenvalue weighted by Gasteiger charge is -2.47. The van der Waals surface area contributed by atoms with E-state index in [4.69, 9.17) is 24.0 Å². The Morgan fingerprint density at radius 2 is 1.88 bits per heavy atom. The van der Waals surface area contributed by atoms with Gasteiger partial charge in [0.2, 0.25) is 6.73 Å².